The van der Waals surface area contributed by atoms with Gasteiger partial charge in [-0.1, -0.05) is 66.4 Å². The molecule has 1 heterocycles. The van der Waals surface area contributed by atoms with Gasteiger partial charge in [0.15, 0.2) is 0 Å². The summed E-state index contributed by atoms with van der Waals surface area (Å²) in [6.45, 7) is 1.92. The molecule has 1 atom stereocenters. The first-order valence-corrected chi connectivity index (χ1v) is 15.5. The van der Waals surface area contributed by atoms with Gasteiger partial charge in [0.25, 0.3) is 10.0 Å². The zero-order chi connectivity index (χ0) is 27.7. The van der Waals surface area contributed by atoms with Crippen LogP contribution in [0.5, 0.6) is 0 Å². The third-order valence-electron chi connectivity index (χ3n) is 7.69. The summed E-state index contributed by atoms with van der Waals surface area (Å²) in [7, 11) is -3.71. The molecule has 0 unspecified atom stereocenters. The van der Waals surface area contributed by atoms with Crippen molar-refractivity contribution in [3.63, 3.8) is 0 Å². The summed E-state index contributed by atoms with van der Waals surface area (Å²) in [5.74, 6) is -0.491. The second-order valence-corrected chi connectivity index (χ2v) is 12.8. The first-order chi connectivity index (χ1) is 18.7. The second-order valence-electron chi connectivity index (χ2n) is 10.2. The van der Waals surface area contributed by atoms with Crippen molar-refractivity contribution in [1.29, 1.82) is 0 Å². The molecule has 1 aliphatic carbocycles. The summed E-state index contributed by atoms with van der Waals surface area (Å²) in [6.07, 6.45) is 4.36. The van der Waals surface area contributed by atoms with Crippen molar-refractivity contribution in [1.82, 2.24) is 10.2 Å². The number of carbonyl (C=O) groups is 2. The lowest BCUT2D eigenvalue weighted by Gasteiger charge is -2.30. The lowest BCUT2D eigenvalue weighted by Crippen LogP contribution is -2.49. The maximum absolute atomic E-state index is 13.6. The van der Waals surface area contributed by atoms with Crippen molar-refractivity contribution in [3.05, 3.63) is 70.2 Å². The Morgan fingerprint density at radius 2 is 1.67 bits per heavy atom. The van der Waals surface area contributed by atoms with Crippen molar-refractivity contribution in [2.24, 2.45) is 0 Å². The number of hydrogen-bond acceptors (Lipinski definition) is 4. The molecule has 3 aromatic rings. The molecule has 7 nitrogen and oxygen atoms in total. The van der Waals surface area contributed by atoms with Gasteiger partial charge in [-0.3, -0.25) is 13.9 Å². The zero-order valence-corrected chi connectivity index (χ0v) is 24.0. The van der Waals surface area contributed by atoms with Gasteiger partial charge in [0.2, 0.25) is 11.8 Å². The number of hydrogen-bond donors (Lipinski definition) is 1. The number of nitrogens with one attached hydrogen (secondary N) is 1. The van der Waals surface area contributed by atoms with Crippen LogP contribution in [0.15, 0.2) is 59.5 Å². The van der Waals surface area contributed by atoms with Crippen LogP contribution in [0.2, 0.25) is 10.0 Å². The van der Waals surface area contributed by atoms with Gasteiger partial charge >= 0.3 is 0 Å². The highest BCUT2D eigenvalue weighted by Gasteiger charge is 2.35. The summed E-state index contributed by atoms with van der Waals surface area (Å²) >= 11 is 12.8. The normalized spacial score (nSPS) is 16.9. The lowest BCUT2D eigenvalue weighted by molar-refractivity contribution is -0.140. The van der Waals surface area contributed by atoms with Crippen molar-refractivity contribution < 1.29 is 18.0 Å². The van der Waals surface area contributed by atoms with E-state index >= 15 is 0 Å². The van der Waals surface area contributed by atoms with E-state index in [9.17, 15) is 18.0 Å². The molecule has 39 heavy (non-hydrogen) atoms. The van der Waals surface area contributed by atoms with E-state index in [4.69, 9.17) is 23.2 Å². The molecule has 2 amide bonds. The van der Waals surface area contributed by atoms with Gasteiger partial charge in [-0.2, -0.15) is 0 Å². The smallest absolute Gasteiger partial charge is 0.265 e. The molecule has 1 fully saturated rings. The Kier molecular flexibility index (Phi) is 8.08. The number of benzene rings is 3. The predicted octanol–water partition coefficient (Wildman–Crippen LogP) is 5.91. The molecule has 1 N–H and O–H groups in total. The van der Waals surface area contributed by atoms with Crippen LogP contribution in [-0.4, -0.2) is 43.8 Å². The minimum atomic E-state index is -3.71. The van der Waals surface area contributed by atoms with Crippen molar-refractivity contribution in [2.45, 2.75) is 69.0 Å². The Bertz CT molecular complexity index is 1500. The maximum Gasteiger partial charge on any atom is 0.265 e. The number of amides is 2. The van der Waals surface area contributed by atoms with E-state index in [1.54, 1.807) is 43.3 Å². The summed E-state index contributed by atoms with van der Waals surface area (Å²) in [6, 6.07) is 15.3. The minimum absolute atomic E-state index is 0.0570. The van der Waals surface area contributed by atoms with Crippen molar-refractivity contribution in [2.75, 3.05) is 10.8 Å². The van der Waals surface area contributed by atoms with Gasteiger partial charge < -0.3 is 10.2 Å². The second kappa shape index (κ2) is 11.4. The average Bonchev–Trinajstić information content (AvgIpc) is 3.49. The molecule has 2 aliphatic rings. The number of anilines is 1. The SMILES string of the molecule is C[C@@H](C(=O)NC1CCCC1)N(Cc1c(Cl)cccc1Cl)C(=O)CCCN1c2cccc3cccc(c23)S1(=O)=O. The Morgan fingerprint density at radius 1 is 1.03 bits per heavy atom. The van der Waals surface area contributed by atoms with Gasteiger partial charge in [0.1, 0.15) is 6.04 Å². The van der Waals surface area contributed by atoms with Crippen LogP contribution < -0.4 is 9.62 Å². The van der Waals surface area contributed by atoms with Crippen LogP contribution in [-0.2, 0) is 26.2 Å². The van der Waals surface area contributed by atoms with Crippen LogP contribution in [0, 0.1) is 0 Å². The van der Waals surface area contributed by atoms with Crippen LogP contribution >= 0.6 is 23.2 Å². The van der Waals surface area contributed by atoms with Gasteiger partial charge in [-0.25, -0.2) is 8.42 Å². The standard InChI is InChI=1S/C29H31Cl2N3O4S/c1-19(29(36)32-21-10-2-3-11-21)33(18-22-23(30)12-6-13-24(22)31)27(35)16-7-17-34-25-14-4-8-20-9-5-15-26(28(20)25)39(34,37)38/h4-6,8-9,12-15,19,21H,2-3,7,10-11,16-18H2,1H3,(H,32,36)/t19-/m0/s1. The number of sulfonamides is 1. The van der Waals surface area contributed by atoms with Gasteiger partial charge in [0.05, 0.1) is 10.6 Å². The van der Waals surface area contributed by atoms with E-state index in [-0.39, 0.29) is 48.7 Å². The highest BCUT2D eigenvalue weighted by molar-refractivity contribution is 7.93. The van der Waals surface area contributed by atoms with Crippen LogP contribution in [0.3, 0.4) is 0 Å². The topological polar surface area (TPSA) is 86.8 Å². The quantitative estimate of drug-likeness (QED) is 0.337. The number of rotatable bonds is 9. The number of halogens is 2. The molecule has 0 radical (unpaired) electrons. The van der Waals surface area contributed by atoms with Crippen LogP contribution in [0.25, 0.3) is 10.8 Å². The monoisotopic (exact) mass is 587 g/mol. The van der Waals surface area contributed by atoms with E-state index in [0.29, 0.717) is 26.7 Å². The fourth-order valence-corrected chi connectivity index (χ4v) is 7.81. The molecule has 0 bridgehead atoms. The highest BCUT2D eigenvalue weighted by Crippen LogP contribution is 2.42. The van der Waals surface area contributed by atoms with E-state index in [0.717, 1.165) is 31.1 Å². The van der Waals surface area contributed by atoms with Gasteiger partial charge in [0, 0.05) is 46.5 Å². The Morgan fingerprint density at radius 3 is 2.36 bits per heavy atom. The molecule has 0 saturated heterocycles. The van der Waals surface area contributed by atoms with Gasteiger partial charge in [-0.05, 0) is 55.8 Å². The molecule has 3 aromatic carbocycles. The molecular weight excluding hydrogens is 557 g/mol. The van der Waals surface area contributed by atoms with E-state index in [2.05, 4.69) is 5.32 Å². The third kappa shape index (κ3) is 5.47. The zero-order valence-electron chi connectivity index (χ0n) is 21.7. The molecule has 1 aliphatic heterocycles. The van der Waals surface area contributed by atoms with Crippen molar-refractivity contribution in [3.8, 4) is 0 Å². The predicted molar refractivity (Wildman–Crippen MR) is 155 cm³/mol. The fraction of sp³-hybridized carbons (Fsp3) is 0.379. The Balaban J connectivity index is 1.32. The third-order valence-corrected chi connectivity index (χ3v) is 10.3. The summed E-state index contributed by atoms with van der Waals surface area (Å²) in [5, 5.41) is 5.47. The largest absolute Gasteiger partial charge is 0.352 e. The number of nitrogens with zero attached hydrogens (tertiary/aromatic N) is 2. The van der Waals surface area contributed by atoms with Crippen LogP contribution in [0.1, 0.15) is 51.0 Å². The number of carbonyl (C=O) groups excluding carboxylic acids is 2. The molecule has 5 rings (SSSR count). The molecule has 0 aromatic heterocycles. The first kappa shape index (κ1) is 27.7. The van der Waals surface area contributed by atoms with E-state index in [1.165, 1.54) is 9.21 Å². The molecule has 10 heteroatoms. The Labute approximate surface area is 239 Å². The molecule has 0 spiro atoms. The van der Waals surface area contributed by atoms with Gasteiger partial charge in [-0.15, -0.1) is 0 Å². The maximum atomic E-state index is 13.6. The summed E-state index contributed by atoms with van der Waals surface area (Å²) < 4.78 is 28.0. The first-order valence-electron chi connectivity index (χ1n) is 13.3. The minimum Gasteiger partial charge on any atom is -0.352 e. The molecular formula is C29H31Cl2N3O4S. The molecule has 206 valence electrons. The van der Waals surface area contributed by atoms with Crippen molar-refractivity contribution >= 4 is 61.5 Å². The van der Waals surface area contributed by atoms with E-state index < -0.39 is 16.1 Å². The lowest BCUT2D eigenvalue weighted by atomic mass is 10.1. The summed E-state index contributed by atoms with van der Waals surface area (Å²) in [4.78, 5) is 28.5. The fourth-order valence-electron chi connectivity index (χ4n) is 5.54. The van der Waals surface area contributed by atoms with Crippen LogP contribution in [0.4, 0.5) is 5.69 Å². The average molecular weight is 589 g/mol. The molecule has 1 saturated carbocycles. The van der Waals surface area contributed by atoms with E-state index in [1.807, 2.05) is 18.2 Å². The highest BCUT2D eigenvalue weighted by atomic mass is 35.5. The Hall–Kier alpha value is -2.81. The summed E-state index contributed by atoms with van der Waals surface area (Å²) in [5.41, 5.74) is 1.19.